The van der Waals surface area contributed by atoms with E-state index < -0.39 is 6.03 Å². The fraction of sp³-hybridized carbons (Fsp3) is 0.125. The summed E-state index contributed by atoms with van der Waals surface area (Å²) in [7, 11) is 1.55. The molecule has 0 spiro atoms. The van der Waals surface area contributed by atoms with E-state index in [9.17, 15) is 4.79 Å². The van der Waals surface area contributed by atoms with E-state index in [2.05, 4.69) is 20.6 Å². The van der Waals surface area contributed by atoms with Gasteiger partial charge in [0, 0.05) is 17.8 Å². The van der Waals surface area contributed by atoms with E-state index >= 15 is 0 Å². The zero-order chi connectivity index (χ0) is 23.5. The number of rotatable bonds is 5. The molecule has 2 N–H and O–H groups in total. The molecule has 2 heterocycles. The van der Waals surface area contributed by atoms with Crippen LogP contribution in [0.4, 0.5) is 16.2 Å². The molecule has 5 rings (SSSR count). The third kappa shape index (κ3) is 4.33. The Kier molecular flexibility index (Phi) is 5.92. The summed E-state index contributed by atoms with van der Waals surface area (Å²) in [5, 5.41) is 6.31. The third-order valence-corrected chi connectivity index (χ3v) is 5.31. The largest absolute Gasteiger partial charge is 0.493 e. The number of benzene rings is 3. The number of anilines is 2. The van der Waals surface area contributed by atoms with Crippen LogP contribution in [0.5, 0.6) is 28.9 Å². The van der Waals surface area contributed by atoms with Crippen molar-refractivity contribution in [3.63, 3.8) is 0 Å². The number of methoxy groups -OCH3 is 1. The van der Waals surface area contributed by atoms with Gasteiger partial charge in [0.25, 0.3) is 0 Å². The Morgan fingerprint density at radius 2 is 1.79 bits per heavy atom. The number of carbonyl (C=O) groups excluding carboxylic acids is 1. The number of ether oxygens (including phenoxy) is 4. The van der Waals surface area contributed by atoms with Gasteiger partial charge in [-0.1, -0.05) is 29.8 Å². The summed E-state index contributed by atoms with van der Waals surface area (Å²) < 4.78 is 23.0. The second kappa shape index (κ2) is 9.32. The molecule has 4 aromatic rings. The molecule has 172 valence electrons. The van der Waals surface area contributed by atoms with Crippen LogP contribution in [-0.2, 0) is 0 Å². The highest BCUT2D eigenvalue weighted by atomic mass is 35.5. The first-order valence-corrected chi connectivity index (χ1v) is 10.7. The first-order valence-electron chi connectivity index (χ1n) is 10.3. The summed E-state index contributed by atoms with van der Waals surface area (Å²) in [5.41, 5.74) is 1.67. The monoisotopic (exact) mass is 478 g/mol. The molecule has 2 amide bonds. The third-order valence-electron chi connectivity index (χ3n) is 5.00. The Hall–Kier alpha value is -4.24. The average molecular weight is 479 g/mol. The van der Waals surface area contributed by atoms with E-state index in [1.807, 2.05) is 18.2 Å². The standard InChI is InChI=1S/C24H19ClN4O5/c1-31-19-12-18-20(22-21(19)32-9-10-33-22)23(27-13-26-18)34-15-7-8-17(16(25)11-15)29-24(30)28-14-5-3-2-4-6-14/h2-8,11-13H,9-10H2,1H3,(H2,28,29,30). The van der Waals surface area contributed by atoms with Gasteiger partial charge in [0.2, 0.25) is 11.6 Å². The zero-order valence-electron chi connectivity index (χ0n) is 18.0. The van der Waals surface area contributed by atoms with Gasteiger partial charge in [0.1, 0.15) is 30.7 Å². The molecule has 34 heavy (non-hydrogen) atoms. The van der Waals surface area contributed by atoms with Gasteiger partial charge in [0.15, 0.2) is 11.5 Å². The predicted octanol–water partition coefficient (Wildman–Crippen LogP) is 5.50. The van der Waals surface area contributed by atoms with Crippen molar-refractivity contribution >= 4 is 39.9 Å². The van der Waals surface area contributed by atoms with Gasteiger partial charge < -0.3 is 29.6 Å². The van der Waals surface area contributed by atoms with Crippen molar-refractivity contribution in [2.75, 3.05) is 31.0 Å². The first kappa shape index (κ1) is 21.6. The number of hydrogen-bond donors (Lipinski definition) is 2. The van der Waals surface area contributed by atoms with Crippen LogP contribution in [0.3, 0.4) is 0 Å². The number of carbonyl (C=O) groups is 1. The molecule has 1 aromatic heterocycles. The normalized spacial score (nSPS) is 12.2. The quantitative estimate of drug-likeness (QED) is 0.390. The molecule has 1 aliphatic rings. The van der Waals surface area contributed by atoms with Gasteiger partial charge in [-0.05, 0) is 24.3 Å². The highest BCUT2D eigenvalue weighted by molar-refractivity contribution is 6.34. The number of para-hydroxylation sites is 1. The molecule has 1 aliphatic heterocycles. The molecule has 9 nitrogen and oxygen atoms in total. The van der Waals surface area contributed by atoms with Crippen molar-refractivity contribution in [3.8, 4) is 28.9 Å². The van der Waals surface area contributed by atoms with Gasteiger partial charge in [-0.2, -0.15) is 0 Å². The summed E-state index contributed by atoms with van der Waals surface area (Å²) in [4.78, 5) is 20.9. The smallest absolute Gasteiger partial charge is 0.323 e. The highest BCUT2D eigenvalue weighted by Gasteiger charge is 2.25. The van der Waals surface area contributed by atoms with Crippen molar-refractivity contribution in [2.24, 2.45) is 0 Å². The molecule has 0 saturated heterocycles. The summed E-state index contributed by atoms with van der Waals surface area (Å²) in [5.74, 6) is 2.13. The molecule has 0 atom stereocenters. The average Bonchev–Trinajstić information content (AvgIpc) is 2.86. The molecule has 0 aliphatic carbocycles. The molecule has 0 bridgehead atoms. The number of fused-ring (bicyclic) bond motifs is 3. The maximum absolute atomic E-state index is 12.3. The minimum absolute atomic E-state index is 0.271. The van der Waals surface area contributed by atoms with Crippen LogP contribution in [0.1, 0.15) is 0 Å². The van der Waals surface area contributed by atoms with E-state index in [0.29, 0.717) is 63.5 Å². The Balaban J connectivity index is 1.40. The number of nitrogens with zero attached hydrogens (tertiary/aromatic N) is 2. The van der Waals surface area contributed by atoms with Crippen LogP contribution in [0, 0.1) is 0 Å². The minimum Gasteiger partial charge on any atom is -0.493 e. The Bertz CT molecular complexity index is 1370. The van der Waals surface area contributed by atoms with Crippen molar-refractivity contribution in [1.29, 1.82) is 0 Å². The minimum atomic E-state index is -0.415. The summed E-state index contributed by atoms with van der Waals surface area (Å²) in [6.07, 6.45) is 1.39. The lowest BCUT2D eigenvalue weighted by molar-refractivity contribution is 0.167. The van der Waals surface area contributed by atoms with Crippen LogP contribution in [0.2, 0.25) is 5.02 Å². The van der Waals surface area contributed by atoms with Crippen LogP contribution in [0.25, 0.3) is 10.9 Å². The Labute approximate surface area is 199 Å². The van der Waals surface area contributed by atoms with Crippen molar-refractivity contribution in [1.82, 2.24) is 9.97 Å². The second-order valence-electron chi connectivity index (χ2n) is 7.20. The van der Waals surface area contributed by atoms with E-state index in [-0.39, 0.29) is 5.88 Å². The fourth-order valence-corrected chi connectivity index (χ4v) is 3.71. The molecule has 0 saturated carbocycles. The van der Waals surface area contributed by atoms with Gasteiger partial charge >= 0.3 is 6.03 Å². The van der Waals surface area contributed by atoms with E-state index in [1.54, 1.807) is 43.5 Å². The summed E-state index contributed by atoms with van der Waals surface area (Å²) >= 11 is 6.40. The molecule has 0 radical (unpaired) electrons. The van der Waals surface area contributed by atoms with Crippen LogP contribution in [-0.4, -0.2) is 36.3 Å². The topological polar surface area (TPSA) is 104 Å². The maximum atomic E-state index is 12.3. The van der Waals surface area contributed by atoms with Crippen LogP contribution in [0.15, 0.2) is 60.9 Å². The molecule has 0 unspecified atom stereocenters. The molecule has 3 aromatic carbocycles. The zero-order valence-corrected chi connectivity index (χ0v) is 18.8. The number of amides is 2. The van der Waals surface area contributed by atoms with Gasteiger partial charge in [-0.3, -0.25) is 0 Å². The number of nitrogens with one attached hydrogen (secondary N) is 2. The van der Waals surface area contributed by atoms with E-state index in [0.717, 1.165) is 0 Å². The lowest BCUT2D eigenvalue weighted by atomic mass is 10.1. The van der Waals surface area contributed by atoms with Gasteiger partial charge in [0.05, 0.1) is 23.3 Å². The fourth-order valence-electron chi connectivity index (χ4n) is 3.49. The summed E-state index contributed by atoms with van der Waals surface area (Å²) in [6, 6.07) is 15.3. The maximum Gasteiger partial charge on any atom is 0.323 e. The van der Waals surface area contributed by atoms with Crippen molar-refractivity contribution in [2.45, 2.75) is 0 Å². The second-order valence-corrected chi connectivity index (χ2v) is 7.60. The van der Waals surface area contributed by atoms with Crippen molar-refractivity contribution < 1.29 is 23.7 Å². The van der Waals surface area contributed by atoms with E-state index in [1.165, 1.54) is 6.33 Å². The number of aromatic nitrogens is 2. The number of halogens is 1. The SMILES string of the molecule is COc1cc2ncnc(Oc3ccc(NC(=O)Nc4ccccc4)c(Cl)c3)c2c2c1OCCO2. The Morgan fingerprint density at radius 1 is 1.00 bits per heavy atom. The Morgan fingerprint density at radius 3 is 2.56 bits per heavy atom. The van der Waals surface area contributed by atoms with Crippen LogP contribution >= 0.6 is 11.6 Å². The number of hydrogen-bond acceptors (Lipinski definition) is 7. The van der Waals surface area contributed by atoms with Crippen molar-refractivity contribution in [3.05, 3.63) is 65.9 Å². The number of urea groups is 1. The lowest BCUT2D eigenvalue weighted by Crippen LogP contribution is -2.19. The van der Waals surface area contributed by atoms with Gasteiger partial charge in [-0.25, -0.2) is 14.8 Å². The lowest BCUT2D eigenvalue weighted by Gasteiger charge is -2.22. The molecular weight excluding hydrogens is 460 g/mol. The predicted molar refractivity (Wildman–Crippen MR) is 128 cm³/mol. The van der Waals surface area contributed by atoms with E-state index in [4.69, 9.17) is 30.5 Å². The summed E-state index contributed by atoms with van der Waals surface area (Å²) in [6.45, 7) is 0.779. The molecular formula is C24H19ClN4O5. The van der Waals surface area contributed by atoms with Gasteiger partial charge in [-0.15, -0.1) is 0 Å². The highest BCUT2D eigenvalue weighted by Crippen LogP contribution is 2.47. The van der Waals surface area contributed by atoms with Crippen LogP contribution < -0.4 is 29.6 Å². The molecule has 10 heteroatoms. The first-order chi connectivity index (χ1) is 16.6. The molecule has 0 fully saturated rings.